The molecule has 0 aliphatic heterocycles. The summed E-state index contributed by atoms with van der Waals surface area (Å²) in [6, 6.07) is 15.1. The molecule has 0 atom stereocenters. The molecule has 0 aliphatic carbocycles. The van der Waals surface area contributed by atoms with E-state index in [1.165, 1.54) is 21.0 Å². The largest absolute Gasteiger partial charge is 0.497 e. The van der Waals surface area contributed by atoms with Gasteiger partial charge in [-0.25, -0.2) is 14.6 Å². The number of rotatable bonds is 7. The Morgan fingerprint density at radius 2 is 1.69 bits per heavy atom. The smallest absolute Gasteiger partial charge is 0.347 e. The van der Waals surface area contributed by atoms with Gasteiger partial charge in [0.15, 0.2) is 0 Å². The average Bonchev–Trinajstić information content (AvgIpc) is 2.76. The predicted octanol–water partition coefficient (Wildman–Crippen LogP) is 5.30. The Morgan fingerprint density at radius 3 is 2.28 bits per heavy atom. The zero-order valence-corrected chi connectivity index (χ0v) is 18.4. The van der Waals surface area contributed by atoms with Crippen LogP contribution in [0.15, 0.2) is 60.8 Å². The molecule has 0 aliphatic rings. The summed E-state index contributed by atoms with van der Waals surface area (Å²) in [5.41, 5.74) is 1.31. The van der Waals surface area contributed by atoms with Gasteiger partial charge in [0.05, 0.1) is 17.8 Å². The summed E-state index contributed by atoms with van der Waals surface area (Å²) < 4.78 is 10.5. The Morgan fingerprint density at radius 1 is 1.00 bits per heavy atom. The lowest BCUT2D eigenvalue weighted by molar-refractivity contribution is -0.152. The number of halogens is 1. The second kappa shape index (κ2) is 9.57. The van der Waals surface area contributed by atoms with Gasteiger partial charge in [0.1, 0.15) is 5.75 Å². The van der Waals surface area contributed by atoms with Crippen molar-refractivity contribution in [2.75, 3.05) is 17.7 Å². The van der Waals surface area contributed by atoms with E-state index in [9.17, 15) is 9.59 Å². The Bertz CT molecular complexity index is 1120. The number of ether oxygens (including phenoxy) is 2. The number of carbonyl (C=O) groups excluding carboxylic acids is 1. The van der Waals surface area contributed by atoms with Crippen LogP contribution in [0.25, 0.3) is 11.1 Å². The number of benzene rings is 2. The highest BCUT2D eigenvalue weighted by Crippen LogP contribution is 2.27. The number of amides is 2. The van der Waals surface area contributed by atoms with Crippen molar-refractivity contribution in [1.82, 2.24) is 4.98 Å². The highest BCUT2D eigenvalue weighted by atomic mass is 35.5. The molecule has 0 fully saturated rings. The van der Waals surface area contributed by atoms with E-state index in [4.69, 9.17) is 26.2 Å². The fourth-order valence-corrected chi connectivity index (χ4v) is 2.84. The molecule has 0 saturated heterocycles. The zero-order chi connectivity index (χ0) is 23.3. The van der Waals surface area contributed by atoms with Gasteiger partial charge >= 0.3 is 12.0 Å². The Labute approximate surface area is 190 Å². The van der Waals surface area contributed by atoms with Gasteiger partial charge in [-0.1, -0.05) is 23.7 Å². The van der Waals surface area contributed by atoms with Crippen LogP contribution in [0.2, 0.25) is 5.02 Å². The molecule has 9 heteroatoms. The summed E-state index contributed by atoms with van der Waals surface area (Å²) in [5, 5.41) is 15.0. The number of aliphatic carboxylic acids is 1. The molecule has 3 aromatic rings. The van der Waals surface area contributed by atoms with Gasteiger partial charge in [-0.15, -0.1) is 0 Å². The minimum atomic E-state index is -1.38. The lowest BCUT2D eigenvalue weighted by Crippen LogP contribution is -2.38. The van der Waals surface area contributed by atoms with Crippen molar-refractivity contribution < 1.29 is 24.2 Å². The third-order valence-corrected chi connectivity index (χ3v) is 4.84. The van der Waals surface area contributed by atoms with Gasteiger partial charge in [0.2, 0.25) is 11.5 Å². The number of carboxylic acid groups (broad SMARTS) is 1. The maximum Gasteiger partial charge on any atom is 0.347 e. The minimum Gasteiger partial charge on any atom is -0.497 e. The van der Waals surface area contributed by atoms with Crippen molar-refractivity contribution in [2.24, 2.45) is 0 Å². The van der Waals surface area contributed by atoms with Gasteiger partial charge in [-0.3, -0.25) is 0 Å². The van der Waals surface area contributed by atoms with Crippen LogP contribution >= 0.6 is 11.6 Å². The van der Waals surface area contributed by atoms with E-state index in [-0.39, 0.29) is 5.88 Å². The van der Waals surface area contributed by atoms with Crippen molar-refractivity contribution >= 4 is 35.0 Å². The fourth-order valence-electron chi connectivity index (χ4n) is 2.67. The number of carboxylic acids is 1. The summed E-state index contributed by atoms with van der Waals surface area (Å²) in [6.07, 6.45) is 1.59. The third-order valence-electron chi connectivity index (χ3n) is 4.51. The highest BCUT2D eigenvalue weighted by molar-refractivity contribution is 6.33. The topological polar surface area (TPSA) is 110 Å². The average molecular weight is 456 g/mol. The highest BCUT2D eigenvalue weighted by Gasteiger charge is 2.29. The molecule has 166 valence electrons. The molecule has 2 amide bonds. The normalized spacial score (nSPS) is 10.9. The van der Waals surface area contributed by atoms with E-state index < -0.39 is 17.6 Å². The summed E-state index contributed by atoms with van der Waals surface area (Å²) in [7, 11) is 1.53. The first-order valence-corrected chi connectivity index (χ1v) is 9.96. The second-order valence-electron chi connectivity index (χ2n) is 7.30. The van der Waals surface area contributed by atoms with Crippen LogP contribution in [0.3, 0.4) is 0 Å². The number of carbonyl (C=O) groups is 2. The summed E-state index contributed by atoms with van der Waals surface area (Å²) >= 11 is 6.11. The van der Waals surface area contributed by atoms with Crippen LogP contribution in [0.4, 0.5) is 16.2 Å². The van der Waals surface area contributed by atoms with Crippen molar-refractivity contribution in [2.45, 2.75) is 19.4 Å². The Kier molecular flexibility index (Phi) is 6.85. The fraction of sp³-hybridized carbons (Fsp3) is 0.174. The number of hydrogen-bond donors (Lipinski definition) is 3. The number of hydrogen-bond acceptors (Lipinski definition) is 5. The molecule has 1 heterocycles. The maximum atomic E-state index is 12.3. The zero-order valence-electron chi connectivity index (χ0n) is 17.7. The number of nitrogens with one attached hydrogen (secondary N) is 2. The molecule has 0 saturated carbocycles. The van der Waals surface area contributed by atoms with Crippen molar-refractivity contribution in [3.05, 3.63) is 65.8 Å². The molecular weight excluding hydrogens is 434 g/mol. The number of urea groups is 1. The molecule has 3 rings (SSSR count). The lowest BCUT2D eigenvalue weighted by Gasteiger charge is -2.20. The van der Waals surface area contributed by atoms with E-state index in [1.807, 2.05) is 12.1 Å². The van der Waals surface area contributed by atoms with Gasteiger partial charge in [0, 0.05) is 29.6 Å². The van der Waals surface area contributed by atoms with Gasteiger partial charge < -0.3 is 25.2 Å². The number of pyridine rings is 1. The minimum absolute atomic E-state index is 0.215. The van der Waals surface area contributed by atoms with Gasteiger partial charge in [-0.2, -0.15) is 0 Å². The van der Waals surface area contributed by atoms with E-state index in [1.54, 1.807) is 48.7 Å². The SMILES string of the molecule is COc1ccc(Cl)c(NC(=O)Nc2ccc(-c3ccc(OC(C)(C)C(=O)O)nc3)cc2)c1. The first-order valence-electron chi connectivity index (χ1n) is 9.58. The monoisotopic (exact) mass is 455 g/mol. The second-order valence-corrected chi connectivity index (χ2v) is 7.71. The van der Waals surface area contributed by atoms with Crippen molar-refractivity contribution in [1.29, 1.82) is 0 Å². The van der Waals surface area contributed by atoms with Crippen molar-refractivity contribution in [3.8, 4) is 22.8 Å². The molecule has 32 heavy (non-hydrogen) atoms. The molecule has 0 unspecified atom stereocenters. The number of anilines is 2. The van der Waals surface area contributed by atoms with E-state index >= 15 is 0 Å². The molecule has 1 aromatic heterocycles. The quantitative estimate of drug-likeness (QED) is 0.446. The standard InChI is InChI=1S/C23H22ClN3O5/c1-23(2,21(28)29)32-20-11-6-15(13-25-20)14-4-7-16(8-5-14)26-22(30)27-19-12-17(31-3)9-10-18(19)24/h4-13H,1-3H3,(H,28,29)(H2,26,27,30). The molecule has 3 N–H and O–H groups in total. The lowest BCUT2D eigenvalue weighted by atomic mass is 10.1. The van der Waals surface area contributed by atoms with Crippen LogP contribution in [0.1, 0.15) is 13.8 Å². The van der Waals surface area contributed by atoms with Crippen LogP contribution in [0, 0.1) is 0 Å². The Balaban J connectivity index is 1.64. The van der Waals surface area contributed by atoms with E-state index in [0.29, 0.717) is 22.1 Å². The summed E-state index contributed by atoms with van der Waals surface area (Å²) in [4.78, 5) is 27.6. The molecule has 0 radical (unpaired) electrons. The van der Waals surface area contributed by atoms with E-state index in [2.05, 4.69) is 15.6 Å². The van der Waals surface area contributed by atoms with Crippen molar-refractivity contribution in [3.63, 3.8) is 0 Å². The van der Waals surface area contributed by atoms with E-state index in [0.717, 1.165) is 11.1 Å². The first-order chi connectivity index (χ1) is 15.2. The number of nitrogens with zero attached hydrogens (tertiary/aromatic N) is 1. The first kappa shape index (κ1) is 22.9. The molecule has 0 spiro atoms. The number of methoxy groups -OCH3 is 1. The van der Waals surface area contributed by atoms with Crippen LogP contribution < -0.4 is 20.1 Å². The van der Waals surface area contributed by atoms with Crippen LogP contribution in [-0.2, 0) is 4.79 Å². The molecular formula is C23H22ClN3O5. The molecule has 8 nitrogen and oxygen atoms in total. The summed E-state index contributed by atoms with van der Waals surface area (Å²) in [6.45, 7) is 2.91. The molecule has 2 aromatic carbocycles. The predicted molar refractivity (Wildman–Crippen MR) is 123 cm³/mol. The number of aromatic nitrogens is 1. The maximum absolute atomic E-state index is 12.3. The van der Waals surface area contributed by atoms with Gasteiger partial charge in [-0.05, 0) is 49.7 Å². The van der Waals surface area contributed by atoms with Crippen LogP contribution in [0.5, 0.6) is 11.6 Å². The molecule has 0 bridgehead atoms. The Hall–Kier alpha value is -3.78. The summed E-state index contributed by atoms with van der Waals surface area (Å²) in [5.74, 6) is -0.290. The van der Waals surface area contributed by atoms with Gasteiger partial charge in [0.25, 0.3) is 0 Å². The third kappa shape index (κ3) is 5.67. The van der Waals surface area contributed by atoms with Crippen LogP contribution in [-0.4, -0.2) is 34.8 Å².